The lowest BCUT2D eigenvalue weighted by Crippen LogP contribution is -2.51. The molecule has 1 aromatic heterocycles. The summed E-state index contributed by atoms with van der Waals surface area (Å²) in [6.45, 7) is -2.23. The first-order chi connectivity index (χ1) is 18.3. The molecule has 11 heteroatoms. The summed E-state index contributed by atoms with van der Waals surface area (Å²) in [5.41, 5.74) is 2.89. The number of hydrogen-bond donors (Lipinski definition) is 0. The fourth-order valence-electron chi connectivity index (χ4n) is 4.80. The van der Waals surface area contributed by atoms with Crippen molar-refractivity contribution >= 4 is 41.0 Å². The molecule has 0 bridgehead atoms. The van der Waals surface area contributed by atoms with Gasteiger partial charge in [-0.25, -0.2) is 4.79 Å². The zero-order valence-corrected chi connectivity index (χ0v) is 21.6. The Morgan fingerprint density at radius 1 is 1.03 bits per heavy atom. The third kappa shape index (κ3) is 4.26. The van der Waals surface area contributed by atoms with E-state index in [1.54, 1.807) is 60.7 Å². The van der Waals surface area contributed by atoms with Crippen LogP contribution in [0.1, 0.15) is 41.4 Å². The molecule has 2 aliphatic heterocycles. The van der Waals surface area contributed by atoms with E-state index >= 15 is 8.63 Å². The summed E-state index contributed by atoms with van der Waals surface area (Å²) in [5.74, 6) is 0.196. The number of nitro benzene ring substituents is 1. The van der Waals surface area contributed by atoms with Crippen LogP contribution in [0.2, 0.25) is 0 Å². The number of fused-ring (bicyclic) bond motifs is 2. The van der Waals surface area contributed by atoms with Crippen LogP contribution in [0.4, 0.5) is 14.3 Å². The van der Waals surface area contributed by atoms with Gasteiger partial charge >= 0.3 is 12.9 Å². The number of thioether (sulfide) groups is 1. The number of nitro groups is 1. The molecular weight excluding hydrogens is 511 g/mol. The molecule has 5 rings (SSSR count). The molecule has 0 amide bonds. The molecule has 0 radical (unpaired) electrons. The summed E-state index contributed by atoms with van der Waals surface area (Å²) in [5, 5.41) is 11.7. The Labute approximate surface area is 222 Å². The van der Waals surface area contributed by atoms with Crippen molar-refractivity contribution in [1.29, 1.82) is 0 Å². The van der Waals surface area contributed by atoms with Gasteiger partial charge in [0.2, 0.25) is 0 Å². The van der Waals surface area contributed by atoms with E-state index in [4.69, 9.17) is 4.74 Å². The van der Waals surface area contributed by atoms with Gasteiger partial charge in [-0.15, -0.1) is 0 Å². The van der Waals surface area contributed by atoms with E-state index in [2.05, 4.69) is 6.92 Å². The number of allylic oxidation sites excluding steroid dienone is 1. The third-order valence-electron chi connectivity index (χ3n) is 6.65. The zero-order valence-electron chi connectivity index (χ0n) is 20.8. The summed E-state index contributed by atoms with van der Waals surface area (Å²) in [6.07, 6.45) is 5.26. The zero-order chi connectivity index (χ0) is 27.0. The SMILES string of the molecule is CCCCSC1=[N+]2C(=C(c3ccc([N+](=O)[O-])cc3)c3ccc(-c4ccc(C(=O)OC)cc4)n3[B-]2(F)F)C=C1. The fraction of sp³-hybridized carbons (Fsp3) is 0.185. The molecule has 0 saturated heterocycles. The predicted molar refractivity (Wildman–Crippen MR) is 145 cm³/mol. The quantitative estimate of drug-likeness (QED) is 0.116. The lowest BCUT2D eigenvalue weighted by atomic mass is 9.85. The molecule has 7 nitrogen and oxygen atoms in total. The van der Waals surface area contributed by atoms with Crippen LogP contribution in [0.5, 0.6) is 0 Å². The summed E-state index contributed by atoms with van der Waals surface area (Å²) < 4.78 is 39.9. The maximum atomic E-state index is 16.5. The minimum Gasteiger partial charge on any atom is -0.465 e. The minimum atomic E-state index is -4.28. The molecule has 0 atom stereocenters. The van der Waals surface area contributed by atoms with Gasteiger partial charge in [0.25, 0.3) is 5.69 Å². The van der Waals surface area contributed by atoms with Crippen LogP contribution in [0.15, 0.2) is 78.5 Å². The third-order valence-corrected chi connectivity index (χ3v) is 7.77. The lowest BCUT2D eigenvalue weighted by molar-refractivity contribution is -0.384. The maximum absolute atomic E-state index is 16.5. The molecule has 0 N–H and O–H groups in total. The molecular formula is C27H24BF2N3O4S. The molecule has 194 valence electrons. The van der Waals surface area contributed by atoms with Gasteiger partial charge in [0.1, 0.15) is 0 Å². The number of aromatic nitrogens is 1. The van der Waals surface area contributed by atoms with E-state index in [-0.39, 0.29) is 5.69 Å². The van der Waals surface area contributed by atoms with E-state index in [1.165, 1.54) is 31.0 Å². The number of non-ortho nitro benzene ring substituents is 1. The number of esters is 1. The van der Waals surface area contributed by atoms with Crippen LogP contribution >= 0.6 is 11.8 Å². The van der Waals surface area contributed by atoms with Gasteiger partial charge in [-0.05, 0) is 53.9 Å². The van der Waals surface area contributed by atoms with Gasteiger partial charge in [-0.3, -0.25) is 10.1 Å². The van der Waals surface area contributed by atoms with Crippen molar-refractivity contribution in [2.75, 3.05) is 12.9 Å². The fourth-order valence-corrected chi connectivity index (χ4v) is 5.97. The van der Waals surface area contributed by atoms with Gasteiger partial charge in [-0.2, -0.15) is 0 Å². The first-order valence-corrected chi connectivity index (χ1v) is 13.2. The van der Waals surface area contributed by atoms with Gasteiger partial charge in [0.15, 0.2) is 10.7 Å². The second kappa shape index (κ2) is 10.1. The summed E-state index contributed by atoms with van der Waals surface area (Å²) in [6, 6.07) is 15.6. The topological polar surface area (TPSA) is 77.4 Å². The number of carbonyl (C=O) groups excluding carboxylic acids is 1. The Kier molecular flexibility index (Phi) is 6.79. The monoisotopic (exact) mass is 535 g/mol. The number of carbonyl (C=O) groups is 1. The number of halogens is 2. The van der Waals surface area contributed by atoms with E-state index in [1.807, 2.05) is 0 Å². The Morgan fingerprint density at radius 2 is 1.68 bits per heavy atom. The highest BCUT2D eigenvalue weighted by atomic mass is 32.2. The summed E-state index contributed by atoms with van der Waals surface area (Å²) in [7, 11) is 1.28. The van der Waals surface area contributed by atoms with Crippen LogP contribution in [0.3, 0.4) is 0 Å². The molecule has 2 aliphatic rings. The van der Waals surface area contributed by atoms with Gasteiger partial charge in [0.05, 0.1) is 23.2 Å². The van der Waals surface area contributed by atoms with Crippen molar-refractivity contribution < 1.29 is 27.6 Å². The molecule has 3 aromatic rings. The van der Waals surface area contributed by atoms with Crippen molar-refractivity contribution in [2.45, 2.75) is 19.8 Å². The standard InChI is InChI=1S/C27H24BF2N3O4S/c1-3-4-17-38-25-16-15-24-26(19-9-11-21(12-10-19)33(35)36)23-14-13-22(31(23)28(29,30)32(24)25)18-5-7-20(8-6-18)27(34)37-2/h5-16H,3-4,17H2,1-2H3. The Morgan fingerprint density at radius 3 is 2.32 bits per heavy atom. The molecule has 0 unspecified atom stereocenters. The second-order valence-corrected chi connectivity index (χ2v) is 10.1. The van der Waals surface area contributed by atoms with E-state index in [0.29, 0.717) is 50.1 Å². The number of ether oxygens (including phenoxy) is 1. The predicted octanol–water partition coefficient (Wildman–Crippen LogP) is 6.36. The normalized spacial score (nSPS) is 15.5. The van der Waals surface area contributed by atoms with Crippen molar-refractivity contribution in [2.24, 2.45) is 0 Å². The van der Waals surface area contributed by atoms with Crippen molar-refractivity contribution in [3.63, 3.8) is 0 Å². The molecule has 3 heterocycles. The van der Waals surface area contributed by atoms with Crippen LogP contribution < -0.4 is 0 Å². The number of nitrogens with zero attached hydrogens (tertiary/aromatic N) is 3. The number of hydrogen-bond acceptors (Lipinski definition) is 5. The van der Waals surface area contributed by atoms with Crippen LogP contribution in [-0.4, -0.2) is 44.7 Å². The molecule has 2 aromatic carbocycles. The number of rotatable bonds is 7. The van der Waals surface area contributed by atoms with Crippen LogP contribution in [0, 0.1) is 10.1 Å². The number of unbranched alkanes of at least 4 members (excludes halogenated alkanes) is 1. The van der Waals surface area contributed by atoms with Crippen molar-refractivity contribution in [1.82, 2.24) is 4.48 Å². The number of methoxy groups -OCH3 is 1. The van der Waals surface area contributed by atoms with Crippen LogP contribution in [-0.2, 0) is 4.74 Å². The van der Waals surface area contributed by atoms with E-state index in [0.717, 1.165) is 21.8 Å². The second-order valence-electron chi connectivity index (χ2n) is 8.94. The first-order valence-electron chi connectivity index (χ1n) is 12.2. The Bertz CT molecular complexity index is 1530. The van der Waals surface area contributed by atoms with Crippen molar-refractivity contribution in [3.05, 3.63) is 105 Å². The molecule has 0 saturated carbocycles. The smallest absolute Gasteiger partial charge is 0.465 e. The lowest BCUT2D eigenvalue weighted by Gasteiger charge is -2.33. The summed E-state index contributed by atoms with van der Waals surface area (Å²) in [4.78, 5) is 22.6. The molecule has 0 fully saturated rings. The largest absolute Gasteiger partial charge is 0.738 e. The number of benzene rings is 2. The Balaban J connectivity index is 1.71. The highest BCUT2D eigenvalue weighted by Crippen LogP contribution is 2.43. The minimum absolute atomic E-state index is 0.0762. The molecule has 0 aliphatic carbocycles. The van der Waals surface area contributed by atoms with E-state index < -0.39 is 17.9 Å². The average molecular weight is 535 g/mol. The molecule has 0 spiro atoms. The molecule has 38 heavy (non-hydrogen) atoms. The van der Waals surface area contributed by atoms with Gasteiger partial charge in [0, 0.05) is 41.4 Å². The van der Waals surface area contributed by atoms with Crippen LogP contribution in [0.25, 0.3) is 16.8 Å². The highest BCUT2D eigenvalue weighted by molar-refractivity contribution is 8.14. The van der Waals surface area contributed by atoms with Gasteiger partial charge < -0.3 is 22.3 Å². The average Bonchev–Trinajstić information content (AvgIpc) is 3.55. The summed E-state index contributed by atoms with van der Waals surface area (Å²) >= 11 is 1.39. The maximum Gasteiger partial charge on any atom is 0.738 e. The van der Waals surface area contributed by atoms with Gasteiger partial charge in [-0.1, -0.05) is 37.2 Å². The van der Waals surface area contributed by atoms with Crippen molar-refractivity contribution in [3.8, 4) is 11.3 Å². The highest BCUT2D eigenvalue weighted by Gasteiger charge is 2.54. The Hall–Kier alpha value is -3.99. The first kappa shape index (κ1) is 25.7. The van der Waals surface area contributed by atoms with E-state index in [9.17, 15) is 14.9 Å².